The molecule has 1 aliphatic rings. The van der Waals surface area contributed by atoms with Crippen molar-refractivity contribution in [2.75, 3.05) is 29.9 Å². The number of anilines is 2. The quantitative estimate of drug-likeness (QED) is 0.928. The second-order valence-electron chi connectivity index (χ2n) is 5.86. The molecule has 6 nitrogen and oxygen atoms in total. The molecule has 126 valence electrons. The number of rotatable bonds is 4. The number of nitrogens with zero attached hydrogens (tertiary/aromatic N) is 4. The topological polar surface area (TPSA) is 69.6 Å². The maximum atomic E-state index is 13.4. The first-order valence-corrected chi connectivity index (χ1v) is 7.84. The van der Waals surface area contributed by atoms with Crippen molar-refractivity contribution in [1.29, 1.82) is 0 Å². The van der Waals surface area contributed by atoms with E-state index < -0.39 is 5.97 Å². The number of halogens is 1. The van der Waals surface area contributed by atoms with Crippen molar-refractivity contribution >= 4 is 17.6 Å². The van der Waals surface area contributed by atoms with Crippen LogP contribution in [0.15, 0.2) is 36.5 Å². The lowest BCUT2D eigenvalue weighted by Crippen LogP contribution is -2.44. The Kier molecular flexibility index (Phi) is 4.59. The van der Waals surface area contributed by atoms with Crippen LogP contribution < -0.4 is 9.80 Å². The van der Waals surface area contributed by atoms with Gasteiger partial charge in [0.25, 0.3) is 0 Å². The van der Waals surface area contributed by atoms with Crippen molar-refractivity contribution in [3.63, 3.8) is 0 Å². The van der Waals surface area contributed by atoms with E-state index in [0.717, 1.165) is 31.6 Å². The van der Waals surface area contributed by atoms with E-state index in [-0.39, 0.29) is 17.6 Å². The lowest BCUT2D eigenvalue weighted by Gasteiger charge is -2.37. The number of hydrogen-bond donors (Lipinski definition) is 1. The number of piperidine rings is 1. The molecular formula is C17H19FN4O2. The summed E-state index contributed by atoms with van der Waals surface area (Å²) in [6.45, 7) is 1.61. The van der Waals surface area contributed by atoms with Crippen molar-refractivity contribution in [3.8, 4) is 0 Å². The monoisotopic (exact) mass is 330 g/mol. The third-order valence-corrected chi connectivity index (χ3v) is 4.36. The molecule has 7 heteroatoms. The normalized spacial score (nSPS) is 15.3. The van der Waals surface area contributed by atoms with Crippen molar-refractivity contribution in [3.05, 3.63) is 48.0 Å². The highest BCUT2D eigenvalue weighted by molar-refractivity contribution is 5.85. The summed E-state index contributed by atoms with van der Waals surface area (Å²) in [6, 6.07) is 8.21. The Morgan fingerprint density at radius 1 is 1.33 bits per heavy atom. The van der Waals surface area contributed by atoms with Gasteiger partial charge in [0.1, 0.15) is 5.82 Å². The number of carboxylic acid groups (broad SMARTS) is 1. The molecule has 2 heterocycles. The zero-order valence-electron chi connectivity index (χ0n) is 13.4. The van der Waals surface area contributed by atoms with E-state index in [0.29, 0.717) is 5.95 Å². The van der Waals surface area contributed by atoms with Crippen LogP contribution in [0.5, 0.6) is 0 Å². The van der Waals surface area contributed by atoms with Gasteiger partial charge in [-0.3, -0.25) is 0 Å². The second kappa shape index (κ2) is 6.82. The molecule has 3 rings (SSSR count). The molecule has 0 spiro atoms. The van der Waals surface area contributed by atoms with Gasteiger partial charge in [-0.05, 0) is 37.1 Å². The number of benzene rings is 1. The van der Waals surface area contributed by atoms with Crippen LogP contribution in [0.3, 0.4) is 0 Å². The minimum Gasteiger partial charge on any atom is -0.477 e. The van der Waals surface area contributed by atoms with Gasteiger partial charge in [0.2, 0.25) is 5.95 Å². The third-order valence-electron chi connectivity index (χ3n) is 4.36. The van der Waals surface area contributed by atoms with Crippen LogP contribution in [0.2, 0.25) is 0 Å². The fourth-order valence-electron chi connectivity index (χ4n) is 2.98. The predicted octanol–water partition coefficient (Wildman–Crippen LogP) is 2.42. The first-order chi connectivity index (χ1) is 11.5. The highest BCUT2D eigenvalue weighted by atomic mass is 19.1. The minimum absolute atomic E-state index is 0.0101. The van der Waals surface area contributed by atoms with E-state index in [1.807, 2.05) is 18.0 Å². The maximum absolute atomic E-state index is 13.4. The van der Waals surface area contributed by atoms with Gasteiger partial charge in [0.05, 0.1) is 0 Å². The molecular weight excluding hydrogens is 311 g/mol. The Balaban J connectivity index is 1.66. The summed E-state index contributed by atoms with van der Waals surface area (Å²) in [7, 11) is 1.88. The molecule has 0 atom stereocenters. The fraction of sp³-hybridized carbons (Fsp3) is 0.353. The van der Waals surface area contributed by atoms with Crippen LogP contribution in [-0.2, 0) is 0 Å². The van der Waals surface area contributed by atoms with Crippen LogP contribution in [-0.4, -0.2) is 47.2 Å². The molecule has 0 saturated carbocycles. The molecule has 0 amide bonds. The van der Waals surface area contributed by atoms with Gasteiger partial charge >= 0.3 is 5.97 Å². The van der Waals surface area contributed by atoms with E-state index in [1.54, 1.807) is 12.1 Å². The zero-order chi connectivity index (χ0) is 17.1. The summed E-state index contributed by atoms with van der Waals surface area (Å²) in [5.74, 6) is -0.877. The van der Waals surface area contributed by atoms with Crippen LogP contribution in [0.1, 0.15) is 23.3 Å². The largest absolute Gasteiger partial charge is 0.477 e. The molecule has 24 heavy (non-hydrogen) atoms. The molecule has 0 radical (unpaired) electrons. The second-order valence-corrected chi connectivity index (χ2v) is 5.86. The number of aromatic nitrogens is 2. The lowest BCUT2D eigenvalue weighted by molar-refractivity contribution is 0.0690. The number of carboxylic acids is 1. The van der Waals surface area contributed by atoms with Crippen LogP contribution in [0, 0.1) is 5.82 Å². The van der Waals surface area contributed by atoms with E-state index in [9.17, 15) is 9.18 Å². The summed E-state index contributed by atoms with van der Waals surface area (Å²) in [5.41, 5.74) is 0.879. The first-order valence-electron chi connectivity index (χ1n) is 7.84. The van der Waals surface area contributed by atoms with Gasteiger partial charge < -0.3 is 14.9 Å². The Morgan fingerprint density at radius 3 is 2.75 bits per heavy atom. The molecule has 1 fully saturated rings. The van der Waals surface area contributed by atoms with Crippen LogP contribution in [0.4, 0.5) is 16.0 Å². The first kappa shape index (κ1) is 16.2. The molecule has 0 bridgehead atoms. The number of aromatic carboxylic acids is 1. The Hall–Kier alpha value is -2.70. The van der Waals surface area contributed by atoms with Crippen LogP contribution in [0.25, 0.3) is 0 Å². The number of carbonyl (C=O) groups is 1. The molecule has 1 aromatic carbocycles. The van der Waals surface area contributed by atoms with Gasteiger partial charge in [-0.15, -0.1) is 0 Å². The SMILES string of the molecule is CN(c1nccc(C(=O)O)n1)C1CCN(c2cccc(F)c2)CC1. The van der Waals surface area contributed by atoms with Gasteiger partial charge in [0, 0.05) is 38.1 Å². The van der Waals surface area contributed by atoms with Gasteiger partial charge in [-0.25, -0.2) is 19.2 Å². The fourth-order valence-corrected chi connectivity index (χ4v) is 2.98. The molecule has 0 unspecified atom stereocenters. The van der Waals surface area contributed by atoms with E-state index in [4.69, 9.17) is 5.11 Å². The predicted molar refractivity (Wildman–Crippen MR) is 89.0 cm³/mol. The summed E-state index contributed by atoms with van der Waals surface area (Å²) in [6.07, 6.45) is 3.20. The third kappa shape index (κ3) is 3.45. The molecule has 2 aromatic rings. The van der Waals surface area contributed by atoms with E-state index in [1.165, 1.54) is 18.3 Å². The number of hydrogen-bond acceptors (Lipinski definition) is 5. The van der Waals surface area contributed by atoms with Crippen molar-refractivity contribution in [1.82, 2.24) is 9.97 Å². The Morgan fingerprint density at radius 2 is 2.08 bits per heavy atom. The van der Waals surface area contributed by atoms with Gasteiger partial charge in [-0.2, -0.15) is 0 Å². The summed E-state index contributed by atoms with van der Waals surface area (Å²) in [5, 5.41) is 9.04. The van der Waals surface area contributed by atoms with Crippen LogP contribution >= 0.6 is 0 Å². The van der Waals surface area contributed by atoms with Crippen molar-refractivity contribution in [2.45, 2.75) is 18.9 Å². The summed E-state index contributed by atoms with van der Waals surface area (Å²) >= 11 is 0. The molecule has 1 aromatic heterocycles. The van der Waals surface area contributed by atoms with Crippen molar-refractivity contribution < 1.29 is 14.3 Å². The maximum Gasteiger partial charge on any atom is 0.354 e. The average Bonchev–Trinajstić information content (AvgIpc) is 2.61. The lowest BCUT2D eigenvalue weighted by atomic mass is 10.0. The zero-order valence-corrected chi connectivity index (χ0v) is 13.4. The molecule has 1 N–H and O–H groups in total. The summed E-state index contributed by atoms with van der Waals surface area (Å²) < 4.78 is 13.4. The average molecular weight is 330 g/mol. The molecule has 1 aliphatic heterocycles. The van der Waals surface area contributed by atoms with Crippen molar-refractivity contribution in [2.24, 2.45) is 0 Å². The highest BCUT2D eigenvalue weighted by Crippen LogP contribution is 2.24. The Labute approximate surface area is 139 Å². The Bertz CT molecular complexity index is 732. The summed E-state index contributed by atoms with van der Waals surface area (Å²) in [4.78, 5) is 23.4. The van der Waals surface area contributed by atoms with E-state index in [2.05, 4.69) is 14.9 Å². The highest BCUT2D eigenvalue weighted by Gasteiger charge is 2.24. The molecule has 0 aliphatic carbocycles. The van der Waals surface area contributed by atoms with E-state index >= 15 is 0 Å². The smallest absolute Gasteiger partial charge is 0.354 e. The minimum atomic E-state index is -1.06. The molecule has 1 saturated heterocycles. The van der Waals surface area contributed by atoms with Gasteiger partial charge in [-0.1, -0.05) is 6.07 Å². The standard InChI is InChI=1S/C17H19FN4O2/c1-21(17-19-8-5-15(20-17)16(23)24)13-6-9-22(10-7-13)14-4-2-3-12(18)11-14/h2-5,8,11,13H,6-7,9-10H2,1H3,(H,23,24). The van der Waals surface area contributed by atoms with Gasteiger partial charge in [0.15, 0.2) is 5.69 Å².